The molecule has 0 aliphatic carbocycles. The molecule has 0 fully saturated rings. The first-order valence-electron chi connectivity index (χ1n) is 6.06. The number of hydrogen-bond donors (Lipinski definition) is 1. The van der Waals surface area contributed by atoms with Crippen LogP contribution in [0.1, 0.15) is 21.5 Å². The van der Waals surface area contributed by atoms with Crippen LogP contribution in [0.2, 0.25) is 0 Å². The number of pyridine rings is 1. The van der Waals surface area contributed by atoms with Crippen molar-refractivity contribution in [3.8, 4) is 11.6 Å². The lowest BCUT2D eigenvalue weighted by Crippen LogP contribution is -2.02. The molecule has 1 N–H and O–H groups in total. The fraction of sp³-hybridized carbons (Fsp3) is 0.200. The van der Waals surface area contributed by atoms with E-state index in [0.717, 1.165) is 5.56 Å². The molecule has 0 amide bonds. The van der Waals surface area contributed by atoms with E-state index in [4.69, 9.17) is 14.6 Å². The summed E-state index contributed by atoms with van der Waals surface area (Å²) in [4.78, 5) is 15.0. The number of aromatic carboxylic acids is 1. The Labute approximate surface area is 116 Å². The summed E-state index contributed by atoms with van der Waals surface area (Å²) in [6, 6.07) is 8.55. The third kappa shape index (κ3) is 3.06. The smallest absolute Gasteiger partial charge is 0.335 e. The topological polar surface area (TPSA) is 68.7 Å². The maximum atomic E-state index is 10.9. The molecule has 5 nitrogen and oxygen atoms in total. The second-order valence-corrected chi connectivity index (χ2v) is 4.24. The predicted octanol–water partition coefficient (Wildman–Crippen LogP) is 2.68. The summed E-state index contributed by atoms with van der Waals surface area (Å²) in [5, 5.41) is 8.97. The highest BCUT2D eigenvalue weighted by molar-refractivity contribution is 5.89. The van der Waals surface area contributed by atoms with E-state index in [1.165, 1.54) is 6.07 Å². The largest absolute Gasteiger partial charge is 0.489 e. The van der Waals surface area contributed by atoms with E-state index in [2.05, 4.69) is 4.98 Å². The molecule has 0 saturated carbocycles. The third-order valence-corrected chi connectivity index (χ3v) is 2.87. The van der Waals surface area contributed by atoms with Gasteiger partial charge in [0.15, 0.2) is 0 Å². The maximum absolute atomic E-state index is 10.9. The Kier molecular flexibility index (Phi) is 4.20. The molecule has 1 heterocycles. The van der Waals surface area contributed by atoms with E-state index in [1.54, 1.807) is 38.4 Å². The summed E-state index contributed by atoms with van der Waals surface area (Å²) < 4.78 is 10.8. The van der Waals surface area contributed by atoms with E-state index < -0.39 is 5.97 Å². The van der Waals surface area contributed by atoms with Crippen LogP contribution in [0.4, 0.5) is 0 Å². The molecular weight excluding hydrogens is 258 g/mol. The van der Waals surface area contributed by atoms with E-state index in [1.807, 2.05) is 6.07 Å². The molecule has 5 heteroatoms. The van der Waals surface area contributed by atoms with Crippen molar-refractivity contribution in [3.63, 3.8) is 0 Å². The first-order chi connectivity index (χ1) is 9.61. The van der Waals surface area contributed by atoms with Crippen molar-refractivity contribution < 1.29 is 19.4 Å². The van der Waals surface area contributed by atoms with Gasteiger partial charge in [-0.1, -0.05) is 0 Å². The molecule has 2 rings (SSSR count). The normalized spacial score (nSPS) is 10.1. The number of hydrogen-bond acceptors (Lipinski definition) is 4. The van der Waals surface area contributed by atoms with Crippen LogP contribution in [0.3, 0.4) is 0 Å². The maximum Gasteiger partial charge on any atom is 0.335 e. The van der Waals surface area contributed by atoms with Gasteiger partial charge in [0.1, 0.15) is 12.4 Å². The minimum absolute atomic E-state index is 0.274. The van der Waals surface area contributed by atoms with Crippen molar-refractivity contribution in [3.05, 3.63) is 53.2 Å². The van der Waals surface area contributed by atoms with E-state index in [0.29, 0.717) is 23.8 Å². The number of carbonyl (C=O) groups is 1. The quantitative estimate of drug-likeness (QED) is 0.907. The van der Waals surface area contributed by atoms with Crippen LogP contribution in [0.25, 0.3) is 0 Å². The molecule has 1 aromatic heterocycles. The fourth-order valence-electron chi connectivity index (χ4n) is 1.84. The molecule has 0 bridgehead atoms. The van der Waals surface area contributed by atoms with Crippen LogP contribution < -0.4 is 9.47 Å². The van der Waals surface area contributed by atoms with Crippen LogP contribution in [-0.4, -0.2) is 23.2 Å². The van der Waals surface area contributed by atoms with Crippen LogP contribution >= 0.6 is 0 Å². The molecule has 2 aromatic rings. The zero-order valence-electron chi connectivity index (χ0n) is 11.3. The van der Waals surface area contributed by atoms with Crippen molar-refractivity contribution >= 4 is 5.97 Å². The zero-order valence-corrected chi connectivity index (χ0v) is 11.3. The minimum atomic E-state index is -0.942. The number of nitrogens with zero attached hydrogens (tertiary/aromatic N) is 1. The Morgan fingerprint density at radius 1 is 1.35 bits per heavy atom. The number of aromatic nitrogens is 1. The van der Waals surface area contributed by atoms with Gasteiger partial charge in [0.05, 0.1) is 18.2 Å². The predicted molar refractivity (Wildman–Crippen MR) is 73.3 cm³/mol. The van der Waals surface area contributed by atoms with Crippen LogP contribution in [-0.2, 0) is 6.61 Å². The number of methoxy groups -OCH3 is 1. The molecule has 0 aliphatic rings. The number of carboxylic acids is 1. The van der Waals surface area contributed by atoms with Gasteiger partial charge in [-0.3, -0.25) is 0 Å². The molecular formula is C15H15NO4. The van der Waals surface area contributed by atoms with E-state index in [9.17, 15) is 4.79 Å². The van der Waals surface area contributed by atoms with Crippen molar-refractivity contribution in [1.82, 2.24) is 4.98 Å². The highest BCUT2D eigenvalue weighted by atomic mass is 16.5. The molecule has 0 aliphatic heterocycles. The van der Waals surface area contributed by atoms with Crippen molar-refractivity contribution in [2.75, 3.05) is 7.11 Å². The number of benzene rings is 1. The number of rotatable bonds is 5. The number of aryl methyl sites for hydroxylation is 1. The molecule has 0 saturated heterocycles. The molecule has 0 atom stereocenters. The molecule has 0 spiro atoms. The first-order valence-corrected chi connectivity index (χ1v) is 6.06. The van der Waals surface area contributed by atoms with Gasteiger partial charge in [-0.25, -0.2) is 9.78 Å². The van der Waals surface area contributed by atoms with Crippen molar-refractivity contribution in [2.45, 2.75) is 13.5 Å². The van der Waals surface area contributed by atoms with Gasteiger partial charge in [-0.2, -0.15) is 0 Å². The number of ether oxygens (including phenoxy) is 2. The van der Waals surface area contributed by atoms with Gasteiger partial charge in [0.2, 0.25) is 5.88 Å². The molecule has 104 valence electrons. The Hall–Kier alpha value is -2.56. The Balaban J connectivity index is 2.11. The van der Waals surface area contributed by atoms with Gasteiger partial charge in [0.25, 0.3) is 0 Å². The Bertz CT molecular complexity index is 625. The summed E-state index contributed by atoms with van der Waals surface area (Å²) in [5.41, 5.74) is 1.76. The highest BCUT2D eigenvalue weighted by Gasteiger charge is 2.09. The fourth-order valence-corrected chi connectivity index (χ4v) is 1.84. The first kappa shape index (κ1) is 13.9. The average molecular weight is 273 g/mol. The lowest BCUT2D eigenvalue weighted by Gasteiger charge is -2.10. The molecule has 0 unspecified atom stereocenters. The third-order valence-electron chi connectivity index (χ3n) is 2.87. The molecule has 0 radical (unpaired) electrons. The Morgan fingerprint density at radius 3 is 2.80 bits per heavy atom. The highest BCUT2D eigenvalue weighted by Crippen LogP contribution is 2.20. The summed E-state index contributed by atoms with van der Waals surface area (Å²) in [7, 11) is 1.55. The summed E-state index contributed by atoms with van der Waals surface area (Å²) in [6.45, 7) is 2.05. The summed E-state index contributed by atoms with van der Waals surface area (Å²) in [6.07, 6.45) is 1.65. The summed E-state index contributed by atoms with van der Waals surface area (Å²) in [5.74, 6) is 0.188. The van der Waals surface area contributed by atoms with E-state index in [-0.39, 0.29) is 5.56 Å². The van der Waals surface area contributed by atoms with Crippen molar-refractivity contribution in [2.24, 2.45) is 0 Å². The lowest BCUT2D eigenvalue weighted by molar-refractivity contribution is 0.0696. The van der Waals surface area contributed by atoms with Crippen LogP contribution in [0.5, 0.6) is 11.6 Å². The average Bonchev–Trinajstić information content (AvgIpc) is 2.45. The van der Waals surface area contributed by atoms with Crippen molar-refractivity contribution in [1.29, 1.82) is 0 Å². The van der Waals surface area contributed by atoms with Gasteiger partial charge in [0, 0.05) is 6.20 Å². The van der Waals surface area contributed by atoms with Gasteiger partial charge < -0.3 is 14.6 Å². The zero-order chi connectivity index (χ0) is 14.5. The lowest BCUT2D eigenvalue weighted by atomic mass is 10.1. The minimum Gasteiger partial charge on any atom is -0.489 e. The summed E-state index contributed by atoms with van der Waals surface area (Å²) >= 11 is 0. The molecule has 20 heavy (non-hydrogen) atoms. The monoisotopic (exact) mass is 273 g/mol. The van der Waals surface area contributed by atoms with Gasteiger partial charge >= 0.3 is 5.97 Å². The second-order valence-electron chi connectivity index (χ2n) is 4.24. The SMILES string of the molecule is COc1ncccc1COc1ccc(C(=O)O)c(C)c1. The van der Waals surface area contributed by atoms with Crippen LogP contribution in [0, 0.1) is 6.92 Å². The number of carboxylic acid groups (broad SMARTS) is 1. The Morgan fingerprint density at radius 2 is 2.15 bits per heavy atom. The second kappa shape index (κ2) is 6.06. The molecule has 1 aromatic carbocycles. The van der Waals surface area contributed by atoms with Gasteiger partial charge in [-0.05, 0) is 42.8 Å². The van der Waals surface area contributed by atoms with Crippen LogP contribution in [0.15, 0.2) is 36.5 Å². The standard InChI is InChI=1S/C15H15NO4/c1-10-8-12(5-6-13(10)15(17)18)20-9-11-4-3-7-16-14(11)19-2/h3-8H,9H2,1-2H3,(H,17,18). The van der Waals surface area contributed by atoms with Gasteiger partial charge in [-0.15, -0.1) is 0 Å². The van der Waals surface area contributed by atoms with E-state index >= 15 is 0 Å².